The molecule has 1 aromatic rings. The van der Waals surface area contributed by atoms with Crippen molar-refractivity contribution in [3.8, 4) is 0 Å². The number of carbonyl (C=O) groups excluding carboxylic acids is 2. The van der Waals surface area contributed by atoms with Crippen LogP contribution >= 0.6 is 23.4 Å². The molecule has 118 valence electrons. The minimum Gasteiger partial charge on any atom is -0.325 e. The molecule has 0 radical (unpaired) electrons. The number of hydrogen-bond acceptors (Lipinski definition) is 4. The van der Waals surface area contributed by atoms with Gasteiger partial charge in [-0.3, -0.25) is 19.5 Å². The number of thioether (sulfide) groups is 1. The highest BCUT2D eigenvalue weighted by Crippen LogP contribution is 2.27. The molecule has 0 bridgehead atoms. The van der Waals surface area contributed by atoms with Crippen molar-refractivity contribution in [3.63, 3.8) is 0 Å². The lowest BCUT2D eigenvalue weighted by molar-refractivity contribution is -0.129. The van der Waals surface area contributed by atoms with E-state index in [-0.39, 0.29) is 18.2 Å². The summed E-state index contributed by atoms with van der Waals surface area (Å²) in [4.78, 5) is 30.5. The molecule has 1 aromatic carbocycles. The first-order valence-corrected chi connectivity index (χ1v) is 8.38. The molecule has 1 aliphatic heterocycles. The van der Waals surface area contributed by atoms with Crippen molar-refractivity contribution in [2.75, 3.05) is 18.4 Å². The van der Waals surface area contributed by atoms with Crippen molar-refractivity contribution in [2.24, 2.45) is 4.99 Å². The number of amidine groups is 1. The van der Waals surface area contributed by atoms with Crippen molar-refractivity contribution in [1.82, 2.24) is 4.90 Å². The number of hydrogen-bond donors (Lipinski definition) is 1. The SMILES string of the molecule is CCN=C1S[C@@H](C(=O)Nc2ccc(Cl)cc2)CC(=O)N1CC. The fourth-order valence-corrected chi connectivity index (χ4v) is 3.41. The molecule has 0 aromatic heterocycles. The topological polar surface area (TPSA) is 61.8 Å². The molecule has 0 spiro atoms. The lowest BCUT2D eigenvalue weighted by atomic mass is 10.2. The fourth-order valence-electron chi connectivity index (χ4n) is 2.08. The van der Waals surface area contributed by atoms with E-state index in [0.717, 1.165) is 0 Å². The predicted octanol–water partition coefficient (Wildman–Crippen LogP) is 3.01. The minimum absolute atomic E-state index is 0.0651. The summed E-state index contributed by atoms with van der Waals surface area (Å²) in [5.41, 5.74) is 0.661. The summed E-state index contributed by atoms with van der Waals surface area (Å²) in [5, 5.41) is 3.58. The molecule has 1 heterocycles. The van der Waals surface area contributed by atoms with Gasteiger partial charge < -0.3 is 5.32 Å². The quantitative estimate of drug-likeness (QED) is 0.917. The maximum Gasteiger partial charge on any atom is 0.238 e. The third-order valence-electron chi connectivity index (χ3n) is 3.15. The lowest BCUT2D eigenvalue weighted by Crippen LogP contribution is -2.45. The van der Waals surface area contributed by atoms with Gasteiger partial charge in [-0.2, -0.15) is 0 Å². The fraction of sp³-hybridized carbons (Fsp3) is 0.400. The highest BCUT2D eigenvalue weighted by atomic mass is 35.5. The van der Waals surface area contributed by atoms with Crippen molar-refractivity contribution in [3.05, 3.63) is 29.3 Å². The predicted molar refractivity (Wildman–Crippen MR) is 91.4 cm³/mol. The Morgan fingerprint density at radius 3 is 2.68 bits per heavy atom. The smallest absolute Gasteiger partial charge is 0.238 e. The van der Waals surface area contributed by atoms with Crippen molar-refractivity contribution in [2.45, 2.75) is 25.5 Å². The van der Waals surface area contributed by atoms with Crippen LogP contribution in [0.2, 0.25) is 5.02 Å². The third kappa shape index (κ3) is 4.01. The summed E-state index contributed by atoms with van der Waals surface area (Å²) in [5.74, 6) is -0.259. The highest BCUT2D eigenvalue weighted by molar-refractivity contribution is 8.15. The van der Waals surface area contributed by atoms with Gasteiger partial charge in [-0.25, -0.2) is 0 Å². The van der Waals surface area contributed by atoms with Crippen molar-refractivity contribution >= 4 is 46.0 Å². The molecule has 1 atom stereocenters. The van der Waals surface area contributed by atoms with Gasteiger partial charge >= 0.3 is 0 Å². The van der Waals surface area contributed by atoms with Crippen LogP contribution in [0.4, 0.5) is 5.69 Å². The van der Waals surface area contributed by atoms with E-state index in [4.69, 9.17) is 11.6 Å². The molecule has 22 heavy (non-hydrogen) atoms. The summed E-state index contributed by atoms with van der Waals surface area (Å²) in [6, 6.07) is 6.88. The van der Waals surface area contributed by atoms with E-state index in [2.05, 4.69) is 10.3 Å². The first-order valence-electron chi connectivity index (χ1n) is 7.13. The molecule has 5 nitrogen and oxygen atoms in total. The normalized spacial score (nSPS) is 20.3. The van der Waals surface area contributed by atoms with E-state index >= 15 is 0 Å². The molecule has 2 rings (SSSR count). The summed E-state index contributed by atoms with van der Waals surface area (Å²) in [6.07, 6.45) is 0.181. The van der Waals surface area contributed by atoms with Crippen LogP contribution in [0, 0.1) is 0 Å². The van der Waals surface area contributed by atoms with Crippen LogP contribution in [0.5, 0.6) is 0 Å². The van der Waals surface area contributed by atoms with Crippen LogP contribution in [-0.2, 0) is 9.59 Å². The van der Waals surface area contributed by atoms with Gasteiger partial charge in [0.1, 0.15) is 5.25 Å². The van der Waals surface area contributed by atoms with Crippen LogP contribution in [-0.4, -0.2) is 40.2 Å². The second-order valence-electron chi connectivity index (χ2n) is 4.70. The average Bonchev–Trinajstić information content (AvgIpc) is 2.49. The number of carbonyl (C=O) groups is 2. The summed E-state index contributed by atoms with van der Waals surface area (Å²) in [7, 11) is 0. The maximum absolute atomic E-state index is 12.4. The monoisotopic (exact) mass is 339 g/mol. The molecular weight excluding hydrogens is 322 g/mol. The van der Waals surface area contributed by atoms with Crippen molar-refractivity contribution < 1.29 is 9.59 Å². The standard InChI is InChI=1S/C15H18ClN3O2S/c1-3-17-15-19(4-2)13(20)9-12(22-15)14(21)18-11-7-5-10(16)6-8-11/h5-8,12H,3-4,9H2,1-2H3,(H,18,21)/t12-/m1/s1. The second kappa shape index (κ2) is 7.65. The molecular formula is C15H18ClN3O2S. The van der Waals surface area contributed by atoms with Gasteiger partial charge in [-0.15, -0.1) is 0 Å². The number of amides is 2. The van der Waals surface area contributed by atoms with E-state index in [1.54, 1.807) is 29.2 Å². The van der Waals surface area contributed by atoms with Gasteiger partial charge in [0.15, 0.2) is 5.17 Å². The molecule has 0 saturated carbocycles. The number of nitrogens with zero attached hydrogens (tertiary/aromatic N) is 2. The van der Waals surface area contributed by atoms with Gasteiger partial charge in [-0.1, -0.05) is 23.4 Å². The molecule has 1 N–H and O–H groups in total. The Bertz CT molecular complexity index is 589. The number of anilines is 1. The van der Waals surface area contributed by atoms with E-state index in [1.807, 2.05) is 13.8 Å². The average molecular weight is 340 g/mol. The summed E-state index contributed by atoms with van der Waals surface area (Å²) < 4.78 is 0. The van der Waals surface area contributed by atoms with Gasteiger partial charge in [0, 0.05) is 30.2 Å². The molecule has 0 aliphatic carbocycles. The van der Waals surface area contributed by atoms with Crippen LogP contribution in [0.1, 0.15) is 20.3 Å². The van der Waals surface area contributed by atoms with Crippen molar-refractivity contribution in [1.29, 1.82) is 0 Å². The number of rotatable bonds is 4. The summed E-state index contributed by atoms with van der Waals surface area (Å²) >= 11 is 7.16. The molecule has 1 saturated heterocycles. The molecule has 1 aliphatic rings. The number of aliphatic imine (C=N–C) groups is 1. The Kier molecular flexibility index (Phi) is 5.85. The molecule has 2 amide bonds. The third-order valence-corrected chi connectivity index (χ3v) is 4.63. The number of halogens is 1. The van der Waals surface area contributed by atoms with E-state index in [0.29, 0.717) is 29.0 Å². The largest absolute Gasteiger partial charge is 0.325 e. The minimum atomic E-state index is -0.462. The number of nitrogens with one attached hydrogen (secondary N) is 1. The Balaban J connectivity index is 2.08. The Hall–Kier alpha value is -1.53. The first-order chi connectivity index (χ1) is 10.5. The van der Waals surface area contributed by atoms with E-state index in [1.165, 1.54) is 11.8 Å². The highest BCUT2D eigenvalue weighted by Gasteiger charge is 2.34. The van der Waals surface area contributed by atoms with Gasteiger partial charge in [0.05, 0.1) is 0 Å². The Morgan fingerprint density at radius 2 is 2.09 bits per heavy atom. The van der Waals surface area contributed by atoms with Crippen LogP contribution in [0.25, 0.3) is 0 Å². The molecule has 7 heteroatoms. The van der Waals surface area contributed by atoms with E-state index < -0.39 is 5.25 Å². The molecule has 0 unspecified atom stereocenters. The number of benzene rings is 1. The summed E-state index contributed by atoms with van der Waals surface area (Å²) in [6.45, 7) is 4.95. The zero-order chi connectivity index (χ0) is 16.1. The Labute approximate surface area is 139 Å². The zero-order valence-electron chi connectivity index (χ0n) is 12.5. The van der Waals surface area contributed by atoms with Crippen LogP contribution < -0.4 is 5.32 Å². The second-order valence-corrected chi connectivity index (χ2v) is 6.31. The first kappa shape index (κ1) is 16.8. The zero-order valence-corrected chi connectivity index (χ0v) is 14.1. The lowest BCUT2D eigenvalue weighted by Gasteiger charge is -2.30. The molecule has 1 fully saturated rings. The van der Waals surface area contributed by atoms with Gasteiger partial charge in [-0.05, 0) is 38.1 Å². The Morgan fingerprint density at radius 1 is 1.41 bits per heavy atom. The van der Waals surface area contributed by atoms with Crippen LogP contribution in [0.15, 0.2) is 29.3 Å². The van der Waals surface area contributed by atoms with E-state index in [9.17, 15) is 9.59 Å². The van der Waals surface area contributed by atoms with Gasteiger partial charge in [0.2, 0.25) is 11.8 Å². The van der Waals surface area contributed by atoms with Gasteiger partial charge in [0.25, 0.3) is 0 Å². The van der Waals surface area contributed by atoms with Crippen LogP contribution in [0.3, 0.4) is 0 Å². The maximum atomic E-state index is 12.4.